The lowest BCUT2D eigenvalue weighted by Gasteiger charge is -2.11. The minimum absolute atomic E-state index is 0.0700. The number of amides is 1. The summed E-state index contributed by atoms with van der Waals surface area (Å²) in [6.07, 6.45) is 19.8. The van der Waals surface area contributed by atoms with Gasteiger partial charge in [-0.05, 0) is 18.6 Å². The zero-order valence-electron chi connectivity index (χ0n) is 20.9. The molecule has 0 aromatic heterocycles. The standard InChI is InChI=1S/C28H43NO4S/c1-2-3-4-5-6-7-8-9-10-11-12-13-14-15-16-21-28(30)29-26-22-23-27(34(31,32)33)25-20-18-17-19-24(25)26/h17-20,22-23H,2-16,21H2,1H3,(H,29,30)(H,31,32,33). The molecule has 2 aromatic carbocycles. The fraction of sp³-hybridized carbons (Fsp3) is 0.607. The Bertz CT molecular complexity index is 972. The highest BCUT2D eigenvalue weighted by Gasteiger charge is 2.16. The lowest BCUT2D eigenvalue weighted by molar-refractivity contribution is -0.116. The van der Waals surface area contributed by atoms with Gasteiger partial charge in [-0.2, -0.15) is 8.42 Å². The van der Waals surface area contributed by atoms with E-state index >= 15 is 0 Å². The fourth-order valence-electron chi connectivity index (χ4n) is 4.47. The summed E-state index contributed by atoms with van der Waals surface area (Å²) in [6.45, 7) is 2.26. The maximum Gasteiger partial charge on any atom is 0.295 e. The van der Waals surface area contributed by atoms with Crippen LogP contribution in [0.2, 0.25) is 0 Å². The van der Waals surface area contributed by atoms with Gasteiger partial charge in [0.05, 0.1) is 0 Å². The third-order valence-corrected chi connectivity index (χ3v) is 7.36. The van der Waals surface area contributed by atoms with Crippen LogP contribution in [0.1, 0.15) is 110 Å². The summed E-state index contributed by atoms with van der Waals surface area (Å²) in [5.41, 5.74) is 0.564. The topological polar surface area (TPSA) is 83.5 Å². The van der Waals surface area contributed by atoms with Gasteiger partial charge in [0.2, 0.25) is 5.91 Å². The lowest BCUT2D eigenvalue weighted by atomic mass is 10.0. The van der Waals surface area contributed by atoms with Crippen molar-refractivity contribution in [1.29, 1.82) is 0 Å². The first-order chi connectivity index (χ1) is 16.4. The molecule has 2 rings (SSSR count). The van der Waals surface area contributed by atoms with Gasteiger partial charge in [-0.15, -0.1) is 0 Å². The van der Waals surface area contributed by atoms with Crippen molar-refractivity contribution in [1.82, 2.24) is 0 Å². The van der Waals surface area contributed by atoms with E-state index in [0.717, 1.165) is 19.3 Å². The van der Waals surface area contributed by atoms with E-state index in [2.05, 4.69) is 12.2 Å². The minimum atomic E-state index is -4.33. The summed E-state index contributed by atoms with van der Waals surface area (Å²) in [6, 6.07) is 9.73. The van der Waals surface area contributed by atoms with Gasteiger partial charge < -0.3 is 5.32 Å². The van der Waals surface area contributed by atoms with Crippen LogP contribution < -0.4 is 5.32 Å². The van der Waals surface area contributed by atoms with Crippen molar-refractivity contribution in [2.75, 3.05) is 5.32 Å². The maximum atomic E-state index is 12.4. The summed E-state index contributed by atoms with van der Waals surface area (Å²) < 4.78 is 32.7. The quantitative estimate of drug-likeness (QED) is 0.163. The molecule has 0 bridgehead atoms. The van der Waals surface area contributed by atoms with E-state index in [-0.39, 0.29) is 10.8 Å². The molecule has 5 nitrogen and oxygen atoms in total. The SMILES string of the molecule is CCCCCCCCCCCCCCCCCC(=O)Nc1ccc(S(=O)(=O)O)c2ccccc12. The van der Waals surface area contributed by atoms with Crippen molar-refractivity contribution in [2.24, 2.45) is 0 Å². The molecule has 2 aromatic rings. The predicted molar refractivity (Wildman–Crippen MR) is 142 cm³/mol. The molecule has 0 spiro atoms. The Morgan fingerprint density at radius 1 is 0.706 bits per heavy atom. The molecule has 190 valence electrons. The molecule has 0 fully saturated rings. The first-order valence-corrected chi connectivity index (χ1v) is 14.7. The highest BCUT2D eigenvalue weighted by molar-refractivity contribution is 7.86. The molecule has 34 heavy (non-hydrogen) atoms. The summed E-state index contributed by atoms with van der Waals surface area (Å²) in [7, 11) is -4.33. The Kier molecular flexibility index (Phi) is 13.2. The number of carbonyl (C=O) groups excluding carboxylic acids is 1. The number of rotatable bonds is 18. The molecule has 0 aliphatic rings. The monoisotopic (exact) mass is 489 g/mol. The van der Waals surface area contributed by atoms with Crippen LogP contribution in [0, 0.1) is 0 Å². The number of carbonyl (C=O) groups is 1. The number of hydrogen-bond acceptors (Lipinski definition) is 3. The van der Waals surface area contributed by atoms with E-state index in [9.17, 15) is 17.8 Å². The van der Waals surface area contributed by atoms with Crippen molar-refractivity contribution >= 4 is 32.5 Å². The largest absolute Gasteiger partial charge is 0.326 e. The molecule has 0 atom stereocenters. The molecular weight excluding hydrogens is 446 g/mol. The molecule has 0 radical (unpaired) electrons. The van der Waals surface area contributed by atoms with Gasteiger partial charge >= 0.3 is 0 Å². The maximum absolute atomic E-state index is 12.4. The van der Waals surface area contributed by atoms with Gasteiger partial charge in [0.15, 0.2) is 0 Å². The van der Waals surface area contributed by atoms with Crippen LogP contribution in [-0.4, -0.2) is 18.9 Å². The zero-order chi connectivity index (χ0) is 24.7. The molecule has 0 unspecified atom stereocenters. The molecule has 0 saturated carbocycles. The van der Waals surface area contributed by atoms with Crippen LogP contribution in [0.25, 0.3) is 10.8 Å². The molecule has 0 aliphatic carbocycles. The highest BCUT2D eigenvalue weighted by atomic mass is 32.2. The average molecular weight is 490 g/mol. The van der Waals surface area contributed by atoms with Gasteiger partial charge in [0.1, 0.15) is 4.90 Å². The third kappa shape index (κ3) is 10.6. The fourth-order valence-corrected chi connectivity index (χ4v) is 5.17. The van der Waals surface area contributed by atoms with Gasteiger partial charge in [0.25, 0.3) is 10.1 Å². The summed E-state index contributed by atoms with van der Waals surface area (Å²) >= 11 is 0. The average Bonchev–Trinajstić information content (AvgIpc) is 2.81. The number of anilines is 1. The number of fused-ring (bicyclic) bond motifs is 1. The minimum Gasteiger partial charge on any atom is -0.326 e. The van der Waals surface area contributed by atoms with Crippen molar-refractivity contribution < 1.29 is 17.8 Å². The molecule has 0 aliphatic heterocycles. The van der Waals surface area contributed by atoms with Crippen LogP contribution in [0.4, 0.5) is 5.69 Å². The Balaban J connectivity index is 1.56. The first-order valence-electron chi connectivity index (χ1n) is 13.2. The van der Waals surface area contributed by atoms with Crippen LogP contribution >= 0.6 is 0 Å². The van der Waals surface area contributed by atoms with E-state index in [1.165, 1.54) is 89.2 Å². The second kappa shape index (κ2) is 15.9. The van der Waals surface area contributed by atoms with Gasteiger partial charge in [0, 0.05) is 22.9 Å². The van der Waals surface area contributed by atoms with Gasteiger partial charge in [-0.3, -0.25) is 9.35 Å². The zero-order valence-corrected chi connectivity index (χ0v) is 21.7. The first kappa shape index (κ1) is 28.3. The Hall–Kier alpha value is -1.92. The number of hydrogen-bond donors (Lipinski definition) is 2. The van der Waals surface area contributed by atoms with Crippen LogP contribution in [-0.2, 0) is 14.9 Å². The lowest BCUT2D eigenvalue weighted by Crippen LogP contribution is -2.12. The van der Waals surface area contributed by atoms with Crippen molar-refractivity contribution in [3.05, 3.63) is 36.4 Å². The van der Waals surface area contributed by atoms with E-state index in [1.54, 1.807) is 24.3 Å². The van der Waals surface area contributed by atoms with Crippen LogP contribution in [0.3, 0.4) is 0 Å². The molecule has 6 heteroatoms. The Morgan fingerprint density at radius 3 is 1.68 bits per heavy atom. The van der Waals surface area contributed by atoms with E-state index in [0.29, 0.717) is 22.9 Å². The summed E-state index contributed by atoms with van der Waals surface area (Å²) in [5.74, 6) is -0.0700. The highest BCUT2D eigenvalue weighted by Crippen LogP contribution is 2.29. The molecule has 0 saturated heterocycles. The second-order valence-electron chi connectivity index (χ2n) is 9.38. The molecule has 0 heterocycles. The van der Waals surface area contributed by atoms with Crippen molar-refractivity contribution in [3.63, 3.8) is 0 Å². The summed E-state index contributed by atoms with van der Waals surface area (Å²) in [4.78, 5) is 12.2. The Morgan fingerprint density at radius 2 is 1.18 bits per heavy atom. The second-order valence-corrected chi connectivity index (χ2v) is 10.8. The molecular formula is C28H43NO4S. The molecule has 1 amide bonds. The Labute approximate surface area is 206 Å². The summed E-state index contributed by atoms with van der Waals surface area (Å²) in [5, 5.41) is 3.90. The normalized spacial score (nSPS) is 11.7. The third-order valence-electron chi connectivity index (χ3n) is 6.44. The van der Waals surface area contributed by atoms with E-state index < -0.39 is 10.1 Å². The van der Waals surface area contributed by atoms with Crippen molar-refractivity contribution in [2.45, 2.75) is 115 Å². The van der Waals surface area contributed by atoms with Crippen molar-refractivity contribution in [3.8, 4) is 0 Å². The van der Waals surface area contributed by atoms with E-state index in [4.69, 9.17) is 0 Å². The molecule has 2 N–H and O–H groups in total. The van der Waals surface area contributed by atoms with Gasteiger partial charge in [-0.1, -0.05) is 121 Å². The van der Waals surface area contributed by atoms with Crippen LogP contribution in [0.5, 0.6) is 0 Å². The predicted octanol–water partition coefficient (Wildman–Crippen LogP) is 8.29. The number of benzene rings is 2. The number of nitrogens with one attached hydrogen (secondary N) is 1. The number of unbranched alkanes of at least 4 members (excludes halogenated alkanes) is 14. The smallest absolute Gasteiger partial charge is 0.295 e. The van der Waals surface area contributed by atoms with E-state index in [1.807, 2.05) is 0 Å². The van der Waals surface area contributed by atoms with Crippen LogP contribution in [0.15, 0.2) is 41.3 Å². The van der Waals surface area contributed by atoms with Gasteiger partial charge in [-0.25, -0.2) is 0 Å².